The summed E-state index contributed by atoms with van der Waals surface area (Å²) in [6.45, 7) is 6.84. The van der Waals surface area contributed by atoms with Crippen molar-refractivity contribution in [2.24, 2.45) is 0 Å². The lowest BCUT2D eigenvalue weighted by atomic mass is 10.1. The minimum Gasteiger partial charge on any atom is -0.441 e. The van der Waals surface area contributed by atoms with Crippen LogP contribution in [0.2, 0.25) is 0 Å². The molecule has 17 heteroatoms. The lowest BCUT2D eigenvalue weighted by Crippen LogP contribution is -2.27. The number of ether oxygens (including phenoxy) is 9. The molecule has 0 bridgehead atoms. The number of rotatable bonds is 27. The fraction of sp³-hybridized carbons (Fsp3) is 0.800. The average molecular weight is 626 g/mol. The van der Waals surface area contributed by atoms with Crippen LogP contribution in [0.4, 0.5) is 10.6 Å². The molecule has 2 rings (SSSR count). The first-order chi connectivity index (χ1) is 20.4. The Morgan fingerprint density at radius 1 is 0.738 bits per heavy atom. The van der Waals surface area contributed by atoms with Crippen LogP contribution in [0.5, 0.6) is 0 Å². The van der Waals surface area contributed by atoms with Crippen LogP contribution in [0.15, 0.2) is 11.4 Å². The number of carbonyl (C=O) groups excluding carboxylic acids is 1. The molecule has 16 nitrogen and oxygen atoms in total. The van der Waals surface area contributed by atoms with Gasteiger partial charge in [-0.1, -0.05) is 0 Å². The van der Waals surface area contributed by atoms with Crippen molar-refractivity contribution >= 4 is 21.7 Å². The van der Waals surface area contributed by atoms with Crippen molar-refractivity contribution in [3.63, 3.8) is 0 Å². The Hall–Kier alpha value is -2.06. The van der Waals surface area contributed by atoms with Crippen LogP contribution >= 0.6 is 0 Å². The number of fused-ring (bicyclic) bond motifs is 1. The molecule has 42 heavy (non-hydrogen) atoms. The number of aliphatic hydroxyl groups excluding tert-OH is 1. The number of nitrogens with one attached hydrogen (secondary N) is 1. The molecule has 0 radical (unpaired) electrons. The Kier molecular flexibility index (Phi) is 19.3. The van der Waals surface area contributed by atoms with Gasteiger partial charge in [-0.2, -0.15) is 0 Å². The minimum absolute atomic E-state index is 0.0113. The summed E-state index contributed by atoms with van der Waals surface area (Å²) in [4.78, 5) is 19.6. The number of hydrogen-bond donors (Lipinski definition) is 2. The van der Waals surface area contributed by atoms with E-state index in [-0.39, 0.29) is 24.2 Å². The number of nitrogens with zero attached hydrogens (tertiary/aromatic N) is 2. The highest BCUT2D eigenvalue weighted by Crippen LogP contribution is 2.31. The molecule has 1 unspecified atom stereocenters. The van der Waals surface area contributed by atoms with Gasteiger partial charge in [0.25, 0.3) is 0 Å². The van der Waals surface area contributed by atoms with Crippen molar-refractivity contribution in [2.75, 3.05) is 124 Å². The van der Waals surface area contributed by atoms with Gasteiger partial charge in [-0.3, -0.25) is 5.32 Å². The first-order valence-electron chi connectivity index (χ1n) is 13.7. The molecular weight excluding hydrogens is 582 g/mol. The van der Waals surface area contributed by atoms with E-state index in [2.05, 4.69) is 15.3 Å². The van der Waals surface area contributed by atoms with Gasteiger partial charge >= 0.3 is 6.09 Å². The van der Waals surface area contributed by atoms with Crippen LogP contribution in [0, 0.1) is 0 Å². The number of carbonyl (C=O) groups is 1. The van der Waals surface area contributed by atoms with Gasteiger partial charge in [0.15, 0.2) is 0 Å². The fourth-order valence-corrected chi connectivity index (χ4v) is 3.82. The summed E-state index contributed by atoms with van der Waals surface area (Å²) in [6, 6.07) is 0. The lowest BCUT2D eigenvalue weighted by molar-refractivity contribution is -0.0245. The van der Waals surface area contributed by atoms with Crippen LogP contribution in [-0.2, 0) is 52.5 Å². The minimum atomic E-state index is -3.61. The second kappa shape index (κ2) is 22.5. The van der Waals surface area contributed by atoms with Gasteiger partial charge in [-0.15, -0.1) is 0 Å². The second-order valence-corrected chi connectivity index (χ2v) is 10.6. The number of anilines is 1. The Morgan fingerprint density at radius 2 is 1.14 bits per heavy atom. The van der Waals surface area contributed by atoms with E-state index >= 15 is 0 Å². The molecule has 1 aliphatic rings. The first-order valence-corrected chi connectivity index (χ1v) is 15.6. The third-order valence-electron chi connectivity index (χ3n) is 5.31. The van der Waals surface area contributed by atoms with Crippen LogP contribution in [-0.4, -0.2) is 148 Å². The SMILES string of the molecule is CS(=O)(=O)c1ncc2c(n1)NC(=O)OC2CCOCCOCCOCCOCCOCCOCCOCCOCCO. The summed E-state index contributed by atoms with van der Waals surface area (Å²) >= 11 is 0. The highest BCUT2D eigenvalue weighted by atomic mass is 32.2. The number of amides is 1. The number of cyclic esters (lactones) is 1. The molecule has 1 aromatic heterocycles. The third-order valence-corrected chi connectivity index (χ3v) is 6.17. The summed E-state index contributed by atoms with van der Waals surface area (Å²) in [7, 11) is -3.61. The van der Waals surface area contributed by atoms with Crippen LogP contribution < -0.4 is 5.32 Å². The highest BCUT2D eigenvalue weighted by molar-refractivity contribution is 7.90. The zero-order valence-corrected chi connectivity index (χ0v) is 24.8. The number of sulfone groups is 1. The maximum absolute atomic E-state index is 11.8. The third kappa shape index (κ3) is 16.5. The van der Waals surface area contributed by atoms with Crippen molar-refractivity contribution in [1.82, 2.24) is 9.97 Å². The van der Waals surface area contributed by atoms with Gasteiger partial charge in [-0.05, 0) is 0 Å². The van der Waals surface area contributed by atoms with Crippen molar-refractivity contribution in [3.8, 4) is 0 Å². The summed E-state index contributed by atoms with van der Waals surface area (Å²) in [5, 5.41) is 10.6. The first kappa shape index (κ1) is 36.1. The maximum Gasteiger partial charge on any atom is 0.413 e. The van der Waals surface area contributed by atoms with E-state index in [0.29, 0.717) is 111 Å². The van der Waals surface area contributed by atoms with E-state index in [1.54, 1.807) is 0 Å². The van der Waals surface area contributed by atoms with Gasteiger partial charge < -0.3 is 47.7 Å². The standard InChI is InChI=1S/C25H43N3O13S/c1-42(31,32)24-26-20-21-22(41-25(30)28-23(21)27-24)2-4-33-6-8-35-10-12-37-14-16-39-18-19-40-17-15-38-13-11-36-9-7-34-5-3-29/h20,22,29H,2-19H2,1H3,(H,26,27,28,30). The summed E-state index contributed by atoms with van der Waals surface area (Å²) in [5.74, 6) is 0.118. The quantitative estimate of drug-likeness (QED) is 0.0979. The molecular formula is C25H43N3O13S. The van der Waals surface area contributed by atoms with E-state index < -0.39 is 22.0 Å². The van der Waals surface area contributed by atoms with Crippen molar-refractivity contribution in [1.29, 1.82) is 0 Å². The normalized spacial score (nSPS) is 14.9. The zero-order chi connectivity index (χ0) is 30.3. The smallest absolute Gasteiger partial charge is 0.413 e. The maximum atomic E-state index is 11.8. The zero-order valence-electron chi connectivity index (χ0n) is 24.0. The van der Waals surface area contributed by atoms with Crippen LogP contribution in [0.1, 0.15) is 18.1 Å². The second-order valence-electron chi connectivity index (χ2n) is 8.66. The van der Waals surface area contributed by atoms with Gasteiger partial charge in [-0.25, -0.2) is 23.2 Å². The Balaban J connectivity index is 1.33. The van der Waals surface area contributed by atoms with Gasteiger partial charge in [0.05, 0.1) is 118 Å². The molecule has 0 spiro atoms. The molecule has 2 heterocycles. The Bertz CT molecular complexity index is 971. The molecule has 0 fully saturated rings. The predicted molar refractivity (Wildman–Crippen MR) is 146 cm³/mol. The average Bonchev–Trinajstić information content (AvgIpc) is 2.96. The summed E-state index contributed by atoms with van der Waals surface area (Å²) in [6.07, 6.45) is 1.31. The van der Waals surface area contributed by atoms with E-state index in [1.807, 2.05) is 0 Å². The molecule has 1 atom stereocenters. The van der Waals surface area contributed by atoms with E-state index in [1.165, 1.54) is 6.20 Å². The van der Waals surface area contributed by atoms with Crippen LogP contribution in [0.25, 0.3) is 0 Å². The molecule has 0 saturated heterocycles. The van der Waals surface area contributed by atoms with E-state index in [9.17, 15) is 13.2 Å². The molecule has 2 N–H and O–H groups in total. The van der Waals surface area contributed by atoms with Gasteiger partial charge in [0.1, 0.15) is 11.9 Å². The Labute approximate surface area is 246 Å². The van der Waals surface area contributed by atoms with Crippen molar-refractivity contribution in [2.45, 2.75) is 17.7 Å². The van der Waals surface area contributed by atoms with Gasteiger partial charge in [0.2, 0.25) is 15.0 Å². The summed E-state index contributed by atoms with van der Waals surface area (Å²) in [5.41, 5.74) is 0.483. The predicted octanol–water partition coefficient (Wildman–Crippen LogP) is -0.00150. The van der Waals surface area contributed by atoms with Crippen LogP contribution in [0.3, 0.4) is 0 Å². The molecule has 0 aromatic carbocycles. The number of hydrogen-bond acceptors (Lipinski definition) is 15. The molecule has 1 aliphatic heterocycles. The van der Waals surface area contributed by atoms with E-state index in [0.717, 1.165) is 6.26 Å². The lowest BCUT2D eigenvalue weighted by Gasteiger charge is -2.25. The number of aliphatic hydroxyl groups is 1. The largest absolute Gasteiger partial charge is 0.441 e. The molecule has 242 valence electrons. The van der Waals surface area contributed by atoms with Crippen molar-refractivity contribution in [3.05, 3.63) is 11.8 Å². The molecule has 0 saturated carbocycles. The van der Waals surface area contributed by atoms with E-state index in [4.69, 9.17) is 47.7 Å². The highest BCUT2D eigenvalue weighted by Gasteiger charge is 2.29. The Morgan fingerprint density at radius 3 is 1.55 bits per heavy atom. The molecule has 1 aromatic rings. The number of aromatic nitrogens is 2. The molecule has 1 amide bonds. The fourth-order valence-electron chi connectivity index (χ4n) is 3.32. The molecule has 0 aliphatic carbocycles. The van der Waals surface area contributed by atoms with Crippen molar-refractivity contribution < 1.29 is 61.0 Å². The monoisotopic (exact) mass is 625 g/mol. The summed E-state index contributed by atoms with van der Waals surface area (Å²) < 4.78 is 71.6. The topological polar surface area (TPSA) is 192 Å². The van der Waals surface area contributed by atoms with Gasteiger partial charge in [0, 0.05) is 18.9 Å².